The van der Waals surface area contributed by atoms with Crippen LogP contribution in [0.3, 0.4) is 0 Å². The molecule has 1 aromatic heterocycles. The number of benzene rings is 2. The van der Waals surface area contributed by atoms with Gasteiger partial charge in [-0.3, -0.25) is 14.9 Å². The van der Waals surface area contributed by atoms with Gasteiger partial charge in [0.05, 0.1) is 23.5 Å². The molecule has 0 aliphatic heterocycles. The number of hydrogen-bond acceptors (Lipinski definition) is 8. The summed E-state index contributed by atoms with van der Waals surface area (Å²) < 4.78 is 6.63. The van der Waals surface area contributed by atoms with Gasteiger partial charge in [-0.05, 0) is 46.8 Å². The maximum Gasteiger partial charge on any atom is 0.269 e. The number of aromatic nitrogens is 4. The second-order valence-corrected chi connectivity index (χ2v) is 6.15. The monoisotopic (exact) mass is 386 g/mol. The lowest BCUT2D eigenvalue weighted by Gasteiger charge is -2.06. The molecule has 0 saturated heterocycles. The fourth-order valence-electron chi connectivity index (χ4n) is 2.15. The van der Waals surface area contributed by atoms with Gasteiger partial charge in [0.15, 0.2) is 0 Å². The zero-order valence-electron chi connectivity index (χ0n) is 14.1. The van der Waals surface area contributed by atoms with E-state index in [1.165, 1.54) is 40.7 Å². The summed E-state index contributed by atoms with van der Waals surface area (Å²) in [6.45, 7) is 0. The van der Waals surface area contributed by atoms with E-state index in [-0.39, 0.29) is 17.3 Å². The summed E-state index contributed by atoms with van der Waals surface area (Å²) in [4.78, 5) is 22.2. The molecule has 0 bridgehead atoms. The molecule has 0 fully saturated rings. The van der Waals surface area contributed by atoms with Crippen molar-refractivity contribution in [2.24, 2.45) is 0 Å². The zero-order valence-corrected chi connectivity index (χ0v) is 14.9. The average molecular weight is 386 g/mol. The van der Waals surface area contributed by atoms with Crippen LogP contribution in [0.5, 0.6) is 5.75 Å². The highest BCUT2D eigenvalue weighted by Crippen LogP contribution is 2.21. The minimum Gasteiger partial charge on any atom is -0.497 e. The Morgan fingerprint density at radius 2 is 1.93 bits per heavy atom. The molecule has 0 saturated carbocycles. The normalized spacial score (nSPS) is 10.4. The molecule has 0 atom stereocenters. The van der Waals surface area contributed by atoms with Gasteiger partial charge in [-0.2, -0.15) is 4.68 Å². The van der Waals surface area contributed by atoms with Gasteiger partial charge in [0.1, 0.15) is 5.75 Å². The van der Waals surface area contributed by atoms with Crippen LogP contribution in [0.2, 0.25) is 0 Å². The van der Waals surface area contributed by atoms with Crippen LogP contribution in [0, 0.1) is 10.1 Å². The number of ether oxygens (including phenoxy) is 1. The van der Waals surface area contributed by atoms with E-state index in [0.29, 0.717) is 16.6 Å². The van der Waals surface area contributed by atoms with E-state index in [1.54, 1.807) is 31.4 Å². The highest BCUT2D eigenvalue weighted by atomic mass is 32.2. The highest BCUT2D eigenvalue weighted by Gasteiger charge is 2.12. The second-order valence-electron chi connectivity index (χ2n) is 5.21. The molecular weight excluding hydrogens is 372 g/mol. The quantitative estimate of drug-likeness (QED) is 0.372. The Morgan fingerprint density at radius 1 is 1.22 bits per heavy atom. The molecule has 2 aromatic carbocycles. The lowest BCUT2D eigenvalue weighted by atomic mass is 10.3. The van der Waals surface area contributed by atoms with Gasteiger partial charge in [-0.15, -0.1) is 5.10 Å². The number of hydrogen-bond donors (Lipinski definition) is 1. The first-order valence-electron chi connectivity index (χ1n) is 7.67. The van der Waals surface area contributed by atoms with E-state index in [2.05, 4.69) is 20.8 Å². The number of nitrogens with zero attached hydrogens (tertiary/aromatic N) is 5. The number of carbonyl (C=O) groups excluding carboxylic acids is 1. The van der Waals surface area contributed by atoms with E-state index in [4.69, 9.17) is 4.74 Å². The smallest absolute Gasteiger partial charge is 0.269 e. The molecule has 3 rings (SSSR count). The van der Waals surface area contributed by atoms with Crippen molar-refractivity contribution in [2.45, 2.75) is 5.16 Å². The van der Waals surface area contributed by atoms with E-state index in [9.17, 15) is 14.9 Å². The third kappa shape index (κ3) is 4.58. The zero-order chi connectivity index (χ0) is 19.2. The number of nitrogens with one attached hydrogen (secondary N) is 1. The van der Waals surface area contributed by atoms with Crippen molar-refractivity contribution in [3.8, 4) is 11.4 Å². The molecular formula is C16H14N6O4S. The van der Waals surface area contributed by atoms with Gasteiger partial charge in [0.2, 0.25) is 11.1 Å². The number of rotatable bonds is 7. The number of amides is 1. The van der Waals surface area contributed by atoms with Crippen LogP contribution < -0.4 is 10.1 Å². The van der Waals surface area contributed by atoms with Crippen molar-refractivity contribution in [2.75, 3.05) is 18.2 Å². The average Bonchev–Trinajstić information content (AvgIpc) is 3.15. The van der Waals surface area contributed by atoms with Gasteiger partial charge < -0.3 is 10.1 Å². The first kappa shape index (κ1) is 18.3. The Kier molecular flexibility index (Phi) is 5.61. The number of carbonyl (C=O) groups is 1. The lowest BCUT2D eigenvalue weighted by Crippen LogP contribution is -2.14. The Bertz CT molecular complexity index is 942. The molecule has 138 valence electrons. The van der Waals surface area contributed by atoms with E-state index in [1.807, 2.05) is 0 Å². The summed E-state index contributed by atoms with van der Waals surface area (Å²) >= 11 is 1.17. The minimum absolute atomic E-state index is 0.0407. The van der Waals surface area contributed by atoms with E-state index < -0.39 is 4.92 Å². The van der Waals surface area contributed by atoms with Crippen LogP contribution in [0.1, 0.15) is 0 Å². The Balaban J connectivity index is 1.60. The maximum atomic E-state index is 12.1. The van der Waals surface area contributed by atoms with Crippen LogP contribution in [0.25, 0.3) is 5.69 Å². The fourth-order valence-corrected chi connectivity index (χ4v) is 2.84. The number of nitro groups is 1. The second kappa shape index (κ2) is 8.27. The molecule has 27 heavy (non-hydrogen) atoms. The van der Waals surface area contributed by atoms with Gasteiger partial charge in [-0.1, -0.05) is 11.8 Å². The number of methoxy groups -OCH3 is 1. The van der Waals surface area contributed by atoms with Crippen LogP contribution in [-0.4, -0.2) is 43.9 Å². The van der Waals surface area contributed by atoms with Gasteiger partial charge >= 0.3 is 0 Å². The Labute approximate surface area is 157 Å². The van der Waals surface area contributed by atoms with Crippen molar-refractivity contribution < 1.29 is 14.5 Å². The van der Waals surface area contributed by atoms with Crippen LogP contribution in [-0.2, 0) is 4.79 Å². The predicted octanol–water partition coefficient (Wildman–Crippen LogP) is 2.31. The molecule has 0 spiro atoms. The minimum atomic E-state index is -0.500. The third-order valence-corrected chi connectivity index (χ3v) is 4.37. The SMILES string of the molecule is COc1ccc(-n2nnnc2SCC(=O)Nc2ccc([N+](=O)[O-])cc2)cc1. The molecule has 3 aromatic rings. The topological polar surface area (TPSA) is 125 Å². The van der Waals surface area contributed by atoms with Gasteiger partial charge in [-0.25, -0.2) is 0 Å². The van der Waals surface area contributed by atoms with E-state index in [0.717, 1.165) is 5.69 Å². The van der Waals surface area contributed by atoms with Gasteiger partial charge in [0.25, 0.3) is 5.69 Å². The molecule has 0 unspecified atom stereocenters. The summed E-state index contributed by atoms with van der Waals surface area (Å²) in [5.74, 6) is 0.509. The van der Waals surface area contributed by atoms with Crippen molar-refractivity contribution in [1.82, 2.24) is 20.2 Å². The van der Waals surface area contributed by atoms with Crippen LogP contribution in [0.15, 0.2) is 53.7 Å². The van der Waals surface area contributed by atoms with Crippen molar-refractivity contribution in [3.63, 3.8) is 0 Å². The first-order chi connectivity index (χ1) is 13.1. The number of anilines is 1. The van der Waals surface area contributed by atoms with Crippen molar-refractivity contribution in [1.29, 1.82) is 0 Å². The van der Waals surface area contributed by atoms with Crippen LogP contribution >= 0.6 is 11.8 Å². The molecule has 1 amide bonds. The van der Waals surface area contributed by atoms with E-state index >= 15 is 0 Å². The Morgan fingerprint density at radius 3 is 2.56 bits per heavy atom. The largest absolute Gasteiger partial charge is 0.497 e. The number of non-ortho nitro benzene ring substituents is 1. The summed E-state index contributed by atoms with van der Waals surface area (Å²) in [6.07, 6.45) is 0. The van der Waals surface area contributed by atoms with Crippen LogP contribution in [0.4, 0.5) is 11.4 Å². The Hall–Kier alpha value is -3.47. The maximum absolute atomic E-state index is 12.1. The molecule has 0 aliphatic carbocycles. The van der Waals surface area contributed by atoms with Crippen molar-refractivity contribution >= 4 is 29.0 Å². The predicted molar refractivity (Wildman–Crippen MR) is 98.2 cm³/mol. The standard InChI is InChI=1S/C16H14N6O4S/c1-26-14-8-6-12(7-9-14)21-16(18-19-20-21)27-10-15(23)17-11-2-4-13(5-3-11)22(24)25/h2-9H,10H2,1H3,(H,17,23). The number of tetrazole rings is 1. The first-order valence-corrected chi connectivity index (χ1v) is 8.65. The number of thioether (sulfide) groups is 1. The molecule has 0 aliphatic rings. The molecule has 1 N–H and O–H groups in total. The highest BCUT2D eigenvalue weighted by molar-refractivity contribution is 7.99. The third-order valence-electron chi connectivity index (χ3n) is 3.45. The summed E-state index contributed by atoms with van der Waals surface area (Å²) in [5, 5.41) is 25.3. The summed E-state index contributed by atoms with van der Waals surface area (Å²) in [5.41, 5.74) is 1.17. The lowest BCUT2D eigenvalue weighted by molar-refractivity contribution is -0.384. The molecule has 1 heterocycles. The summed E-state index contributed by atoms with van der Waals surface area (Å²) in [7, 11) is 1.58. The van der Waals surface area contributed by atoms with Gasteiger partial charge in [0, 0.05) is 17.8 Å². The molecule has 10 nitrogen and oxygen atoms in total. The fraction of sp³-hybridized carbons (Fsp3) is 0.125. The van der Waals surface area contributed by atoms with Crippen molar-refractivity contribution in [3.05, 3.63) is 58.6 Å². The number of nitro benzene ring substituents is 1. The molecule has 0 radical (unpaired) electrons. The summed E-state index contributed by atoms with van der Waals surface area (Å²) in [6, 6.07) is 12.8. The molecule has 11 heteroatoms.